The van der Waals surface area contributed by atoms with Crippen molar-refractivity contribution < 1.29 is 14.0 Å². The summed E-state index contributed by atoms with van der Waals surface area (Å²) in [6.45, 7) is 6.37. The quantitative estimate of drug-likeness (QED) is 0.851. The average molecular weight is 352 g/mol. The maximum atomic E-state index is 13.2. The fourth-order valence-corrected chi connectivity index (χ4v) is 2.84. The number of amides is 2. The van der Waals surface area contributed by atoms with Gasteiger partial charge in [0.25, 0.3) is 11.8 Å². The van der Waals surface area contributed by atoms with Crippen molar-refractivity contribution in [2.75, 3.05) is 12.4 Å². The fourth-order valence-electron chi connectivity index (χ4n) is 2.84. The van der Waals surface area contributed by atoms with E-state index in [4.69, 9.17) is 0 Å². The van der Waals surface area contributed by atoms with E-state index in [-0.39, 0.29) is 16.7 Å². The first kappa shape index (κ1) is 17.9. The highest BCUT2D eigenvalue weighted by Gasteiger charge is 2.36. The Morgan fingerprint density at radius 3 is 2.00 bits per heavy atom. The second kappa shape index (κ2) is 6.41. The third-order valence-corrected chi connectivity index (χ3v) is 4.44. The molecule has 1 aliphatic heterocycles. The Hall–Kier alpha value is -2.95. The van der Waals surface area contributed by atoms with Crippen LogP contribution in [0, 0.1) is 5.82 Å². The van der Waals surface area contributed by atoms with Crippen LogP contribution in [-0.2, 0) is 15.0 Å². The van der Waals surface area contributed by atoms with Crippen molar-refractivity contribution in [1.82, 2.24) is 4.90 Å². The Morgan fingerprint density at radius 2 is 1.46 bits per heavy atom. The number of carbonyl (C=O) groups excluding carboxylic acids is 2. The number of rotatable bonds is 3. The van der Waals surface area contributed by atoms with Crippen LogP contribution in [0.4, 0.5) is 10.1 Å². The van der Waals surface area contributed by atoms with Crippen LogP contribution in [0.1, 0.15) is 31.9 Å². The largest absolute Gasteiger partial charge is 0.350 e. The van der Waals surface area contributed by atoms with Gasteiger partial charge in [0.15, 0.2) is 0 Å². The van der Waals surface area contributed by atoms with Gasteiger partial charge in [0, 0.05) is 12.7 Å². The van der Waals surface area contributed by atoms with Gasteiger partial charge in [-0.2, -0.15) is 0 Å². The molecule has 0 aromatic heterocycles. The predicted octanol–water partition coefficient (Wildman–Crippen LogP) is 3.95. The lowest BCUT2D eigenvalue weighted by Gasteiger charge is -2.19. The summed E-state index contributed by atoms with van der Waals surface area (Å²) in [6.07, 6.45) is 0. The number of likely N-dealkylation sites (N-methyl/N-ethyl adjacent to an activating group) is 1. The van der Waals surface area contributed by atoms with Crippen LogP contribution >= 0.6 is 0 Å². The molecule has 0 fully saturated rings. The van der Waals surface area contributed by atoms with Crippen LogP contribution in [0.5, 0.6) is 0 Å². The van der Waals surface area contributed by atoms with Crippen molar-refractivity contribution >= 4 is 23.1 Å². The zero-order chi connectivity index (χ0) is 19.1. The lowest BCUT2D eigenvalue weighted by atomic mass is 9.87. The van der Waals surface area contributed by atoms with Gasteiger partial charge in [-0.25, -0.2) is 4.39 Å². The van der Waals surface area contributed by atoms with Gasteiger partial charge in [-0.3, -0.25) is 14.5 Å². The van der Waals surface area contributed by atoms with Gasteiger partial charge in [0.05, 0.1) is 5.57 Å². The van der Waals surface area contributed by atoms with E-state index in [9.17, 15) is 14.0 Å². The molecular formula is C21H21FN2O2. The van der Waals surface area contributed by atoms with Crippen molar-refractivity contribution in [3.05, 3.63) is 71.2 Å². The summed E-state index contributed by atoms with van der Waals surface area (Å²) in [5.74, 6) is -1.21. The molecule has 0 saturated heterocycles. The number of anilines is 1. The molecule has 26 heavy (non-hydrogen) atoms. The Labute approximate surface area is 152 Å². The van der Waals surface area contributed by atoms with Crippen LogP contribution in [0.15, 0.2) is 54.2 Å². The molecule has 1 aliphatic rings. The van der Waals surface area contributed by atoms with E-state index in [1.165, 1.54) is 36.9 Å². The van der Waals surface area contributed by atoms with E-state index >= 15 is 0 Å². The van der Waals surface area contributed by atoms with Crippen LogP contribution in [0.25, 0.3) is 5.57 Å². The second-order valence-electron chi connectivity index (χ2n) is 7.38. The zero-order valence-corrected chi connectivity index (χ0v) is 15.3. The number of hydrogen-bond donors (Lipinski definition) is 1. The van der Waals surface area contributed by atoms with E-state index in [1.807, 2.05) is 24.3 Å². The first-order valence-corrected chi connectivity index (χ1v) is 8.38. The van der Waals surface area contributed by atoms with Crippen molar-refractivity contribution in [3.8, 4) is 0 Å². The van der Waals surface area contributed by atoms with Gasteiger partial charge in [-0.15, -0.1) is 0 Å². The summed E-state index contributed by atoms with van der Waals surface area (Å²) in [6, 6.07) is 13.3. The molecule has 0 saturated carbocycles. The van der Waals surface area contributed by atoms with Crippen LogP contribution in [-0.4, -0.2) is 23.8 Å². The number of imide groups is 1. The Balaban J connectivity index is 2.00. The third-order valence-electron chi connectivity index (χ3n) is 4.44. The van der Waals surface area contributed by atoms with Gasteiger partial charge >= 0.3 is 0 Å². The number of hydrogen-bond acceptors (Lipinski definition) is 3. The van der Waals surface area contributed by atoms with Crippen molar-refractivity contribution in [3.63, 3.8) is 0 Å². The van der Waals surface area contributed by atoms with Gasteiger partial charge in [-0.1, -0.05) is 45.0 Å². The molecule has 5 heteroatoms. The molecule has 0 aliphatic carbocycles. The summed E-state index contributed by atoms with van der Waals surface area (Å²) in [7, 11) is 1.44. The molecule has 4 nitrogen and oxygen atoms in total. The van der Waals surface area contributed by atoms with Crippen LogP contribution < -0.4 is 5.32 Å². The maximum Gasteiger partial charge on any atom is 0.277 e. The minimum Gasteiger partial charge on any atom is -0.350 e. The molecule has 1 N–H and O–H groups in total. The van der Waals surface area contributed by atoms with Crippen molar-refractivity contribution in [2.45, 2.75) is 26.2 Å². The maximum absolute atomic E-state index is 13.2. The topological polar surface area (TPSA) is 49.4 Å². The number of carbonyl (C=O) groups is 2. The second-order valence-corrected chi connectivity index (χ2v) is 7.38. The minimum absolute atomic E-state index is 0.0242. The molecule has 2 aromatic carbocycles. The minimum atomic E-state index is -0.408. The fraction of sp³-hybridized carbons (Fsp3) is 0.238. The van der Waals surface area contributed by atoms with E-state index in [0.717, 1.165) is 4.90 Å². The molecule has 2 amide bonds. The third kappa shape index (κ3) is 3.25. The smallest absolute Gasteiger partial charge is 0.277 e. The van der Waals surface area contributed by atoms with E-state index in [0.29, 0.717) is 11.3 Å². The highest BCUT2D eigenvalue weighted by atomic mass is 19.1. The Morgan fingerprint density at radius 1 is 0.885 bits per heavy atom. The Kier molecular flexibility index (Phi) is 4.40. The number of nitrogens with zero attached hydrogens (tertiary/aromatic N) is 1. The van der Waals surface area contributed by atoms with E-state index in [1.54, 1.807) is 0 Å². The highest BCUT2D eigenvalue weighted by Crippen LogP contribution is 2.30. The standard InChI is InChI=1S/C21H21FN2O2/c1-21(2,3)14-7-11-16(12-8-14)23-18-17(19(25)24(4)20(18)26)13-5-9-15(22)10-6-13/h5-12,23H,1-4H3. The molecule has 0 spiro atoms. The molecule has 0 atom stereocenters. The lowest BCUT2D eigenvalue weighted by Crippen LogP contribution is -2.27. The molecule has 1 heterocycles. The summed E-state index contributed by atoms with van der Waals surface area (Å²) in [5, 5.41) is 3.07. The average Bonchev–Trinajstić information content (AvgIpc) is 2.80. The van der Waals surface area contributed by atoms with Gasteiger partial charge in [0.2, 0.25) is 0 Å². The first-order valence-electron chi connectivity index (χ1n) is 8.38. The molecule has 0 unspecified atom stereocenters. The number of nitrogens with one attached hydrogen (secondary N) is 1. The van der Waals surface area contributed by atoms with Crippen LogP contribution in [0.2, 0.25) is 0 Å². The summed E-state index contributed by atoms with van der Waals surface area (Å²) >= 11 is 0. The first-order chi connectivity index (χ1) is 12.2. The molecule has 0 bridgehead atoms. The van der Waals surface area contributed by atoms with Crippen LogP contribution in [0.3, 0.4) is 0 Å². The molecule has 3 rings (SSSR count). The lowest BCUT2D eigenvalue weighted by molar-refractivity contribution is -0.135. The zero-order valence-electron chi connectivity index (χ0n) is 15.3. The van der Waals surface area contributed by atoms with Crippen molar-refractivity contribution in [2.24, 2.45) is 0 Å². The molecule has 134 valence electrons. The molecule has 0 radical (unpaired) electrons. The van der Waals surface area contributed by atoms with Gasteiger partial charge < -0.3 is 5.32 Å². The number of halogens is 1. The summed E-state index contributed by atoms with van der Waals surface area (Å²) in [5.41, 5.74) is 2.86. The van der Waals surface area contributed by atoms with E-state index in [2.05, 4.69) is 26.1 Å². The molecular weight excluding hydrogens is 331 g/mol. The van der Waals surface area contributed by atoms with E-state index < -0.39 is 17.6 Å². The SMILES string of the molecule is CN1C(=O)C(Nc2ccc(C(C)(C)C)cc2)=C(c2ccc(F)cc2)C1=O. The highest BCUT2D eigenvalue weighted by molar-refractivity contribution is 6.36. The van der Waals surface area contributed by atoms with Gasteiger partial charge in [-0.05, 0) is 40.8 Å². The number of benzene rings is 2. The normalized spacial score (nSPS) is 15.0. The Bertz CT molecular complexity index is 891. The summed E-state index contributed by atoms with van der Waals surface area (Å²) in [4.78, 5) is 26.1. The van der Waals surface area contributed by atoms with Gasteiger partial charge in [0.1, 0.15) is 11.5 Å². The predicted molar refractivity (Wildman–Crippen MR) is 99.9 cm³/mol. The monoisotopic (exact) mass is 352 g/mol. The summed E-state index contributed by atoms with van der Waals surface area (Å²) < 4.78 is 13.2. The van der Waals surface area contributed by atoms with Crippen molar-refractivity contribution in [1.29, 1.82) is 0 Å². The molecule has 2 aromatic rings.